The molecule has 0 unspecified atom stereocenters. The molecule has 1 rings (SSSR count). The normalized spacial score (nSPS) is 10.9. The van der Waals surface area contributed by atoms with Crippen LogP contribution in [0.3, 0.4) is 0 Å². The lowest BCUT2D eigenvalue weighted by Crippen LogP contribution is -1.97. The third-order valence-electron chi connectivity index (χ3n) is 1.41. The monoisotopic (exact) mass is 337 g/mol. The first kappa shape index (κ1) is 11.4. The summed E-state index contributed by atoms with van der Waals surface area (Å²) in [6.45, 7) is 0. The Hall–Kier alpha value is 0.320. The number of halogens is 5. The molecule has 72 valence electrons. The van der Waals surface area contributed by atoms with Gasteiger partial charge in [0.25, 0.3) is 6.43 Å². The summed E-state index contributed by atoms with van der Waals surface area (Å²) in [4.78, 5) is 3.54. The average Bonchev–Trinajstić information content (AvgIpc) is 2.09. The number of hydrogen-bond donors (Lipinski definition) is 0. The Kier molecular flexibility index (Phi) is 4.12. The minimum absolute atomic E-state index is 0.00579. The molecule has 0 amide bonds. The number of rotatable bonds is 2. The second kappa shape index (κ2) is 4.70. The van der Waals surface area contributed by atoms with Crippen LogP contribution in [-0.4, -0.2) is 4.98 Å². The Labute approximate surface area is 97.6 Å². The molecule has 0 spiro atoms. The lowest BCUT2D eigenvalue weighted by molar-refractivity contribution is 0.146. The van der Waals surface area contributed by atoms with E-state index in [9.17, 15) is 8.78 Å². The number of alkyl halides is 3. The van der Waals surface area contributed by atoms with E-state index >= 15 is 0 Å². The van der Waals surface area contributed by atoms with Crippen molar-refractivity contribution in [1.82, 2.24) is 4.98 Å². The van der Waals surface area contributed by atoms with Crippen molar-refractivity contribution in [1.29, 1.82) is 0 Å². The van der Waals surface area contributed by atoms with Crippen LogP contribution in [0.4, 0.5) is 8.78 Å². The van der Waals surface area contributed by atoms with Crippen LogP contribution in [-0.2, 0) is 5.88 Å². The third kappa shape index (κ3) is 2.41. The predicted molar refractivity (Wildman–Crippen MR) is 56.5 cm³/mol. The molecule has 1 heterocycles. The SMILES string of the molecule is FC(F)c1ncc(CCl)c(I)c1Cl. The van der Waals surface area contributed by atoms with Gasteiger partial charge in [-0.05, 0) is 22.6 Å². The van der Waals surface area contributed by atoms with Crippen LogP contribution in [0.25, 0.3) is 0 Å². The van der Waals surface area contributed by atoms with Crippen LogP contribution < -0.4 is 0 Å². The van der Waals surface area contributed by atoms with Crippen LogP contribution in [0, 0.1) is 3.57 Å². The lowest BCUT2D eigenvalue weighted by atomic mass is 10.3. The van der Waals surface area contributed by atoms with Gasteiger partial charge >= 0.3 is 0 Å². The molecule has 1 aromatic heterocycles. The zero-order chi connectivity index (χ0) is 10.0. The summed E-state index contributed by atoms with van der Waals surface area (Å²) in [5, 5.41) is -0.00579. The van der Waals surface area contributed by atoms with Gasteiger partial charge in [-0.1, -0.05) is 11.6 Å². The van der Waals surface area contributed by atoms with Gasteiger partial charge < -0.3 is 0 Å². The molecule has 0 bridgehead atoms. The Morgan fingerprint density at radius 3 is 2.62 bits per heavy atom. The van der Waals surface area contributed by atoms with Crippen molar-refractivity contribution in [3.05, 3.63) is 26.0 Å². The molecule has 0 N–H and O–H groups in total. The molecule has 0 radical (unpaired) electrons. The maximum absolute atomic E-state index is 12.3. The third-order valence-corrected chi connectivity index (χ3v) is 3.63. The first-order valence-corrected chi connectivity index (χ1v) is 5.24. The van der Waals surface area contributed by atoms with Crippen molar-refractivity contribution < 1.29 is 8.78 Å². The molecule has 0 aliphatic rings. The van der Waals surface area contributed by atoms with E-state index in [-0.39, 0.29) is 16.6 Å². The van der Waals surface area contributed by atoms with Crippen LogP contribution in [0.2, 0.25) is 5.02 Å². The molecule has 0 saturated carbocycles. The quantitative estimate of drug-likeness (QED) is 0.587. The highest BCUT2D eigenvalue weighted by Crippen LogP contribution is 2.31. The van der Waals surface area contributed by atoms with Crippen molar-refractivity contribution in [2.75, 3.05) is 0 Å². The Morgan fingerprint density at radius 1 is 1.54 bits per heavy atom. The van der Waals surface area contributed by atoms with E-state index in [0.29, 0.717) is 9.13 Å². The van der Waals surface area contributed by atoms with Crippen LogP contribution in [0.1, 0.15) is 17.7 Å². The van der Waals surface area contributed by atoms with Crippen LogP contribution >= 0.6 is 45.8 Å². The lowest BCUT2D eigenvalue weighted by Gasteiger charge is -2.06. The fraction of sp³-hybridized carbons (Fsp3) is 0.286. The van der Waals surface area contributed by atoms with Gasteiger partial charge in [-0.2, -0.15) is 0 Å². The topological polar surface area (TPSA) is 12.9 Å². The summed E-state index contributed by atoms with van der Waals surface area (Å²) in [6.07, 6.45) is -1.33. The van der Waals surface area contributed by atoms with E-state index in [1.54, 1.807) is 0 Å². The molecule has 0 saturated heterocycles. The molecule has 0 atom stereocenters. The van der Waals surface area contributed by atoms with E-state index in [1.807, 2.05) is 22.6 Å². The smallest absolute Gasteiger partial charge is 0.253 e. The summed E-state index contributed by atoms with van der Waals surface area (Å²) in [7, 11) is 0. The highest BCUT2D eigenvalue weighted by atomic mass is 127. The Bertz CT molecular complexity index is 320. The fourth-order valence-corrected chi connectivity index (χ4v) is 2.05. The van der Waals surface area contributed by atoms with Crippen molar-refractivity contribution in [3.8, 4) is 0 Å². The van der Waals surface area contributed by atoms with Crippen molar-refractivity contribution in [2.24, 2.45) is 0 Å². The van der Waals surface area contributed by atoms with Gasteiger partial charge in [-0.25, -0.2) is 8.78 Å². The second-order valence-corrected chi connectivity index (χ2v) is 3.95. The number of aromatic nitrogens is 1. The van der Waals surface area contributed by atoms with Gasteiger partial charge in [-0.15, -0.1) is 11.6 Å². The van der Waals surface area contributed by atoms with Gasteiger partial charge in [0, 0.05) is 21.2 Å². The van der Waals surface area contributed by atoms with Crippen molar-refractivity contribution in [2.45, 2.75) is 12.3 Å². The maximum atomic E-state index is 12.3. The molecular weight excluding hydrogens is 334 g/mol. The van der Waals surface area contributed by atoms with Gasteiger partial charge in [0.2, 0.25) is 0 Å². The highest BCUT2D eigenvalue weighted by molar-refractivity contribution is 14.1. The predicted octanol–water partition coefficient (Wildman–Crippen LogP) is 4.02. The van der Waals surface area contributed by atoms with E-state index in [1.165, 1.54) is 6.20 Å². The average molecular weight is 338 g/mol. The Balaban J connectivity index is 3.23. The summed E-state index contributed by atoms with van der Waals surface area (Å²) in [5.41, 5.74) is 0.275. The van der Waals surface area contributed by atoms with Crippen molar-refractivity contribution in [3.63, 3.8) is 0 Å². The van der Waals surface area contributed by atoms with Crippen LogP contribution in [0.15, 0.2) is 6.20 Å². The molecule has 0 fully saturated rings. The number of nitrogens with zero attached hydrogens (tertiary/aromatic N) is 1. The summed E-state index contributed by atoms with van der Waals surface area (Å²) < 4.78 is 25.1. The first-order chi connectivity index (χ1) is 6.07. The molecule has 6 heteroatoms. The van der Waals surface area contributed by atoms with Gasteiger partial charge in [0.1, 0.15) is 5.69 Å². The first-order valence-electron chi connectivity index (χ1n) is 3.24. The molecule has 13 heavy (non-hydrogen) atoms. The molecule has 0 aliphatic carbocycles. The highest BCUT2D eigenvalue weighted by Gasteiger charge is 2.17. The largest absolute Gasteiger partial charge is 0.281 e. The summed E-state index contributed by atoms with van der Waals surface area (Å²) >= 11 is 13.1. The standard InChI is InChI=1S/C7H4Cl2F2IN/c8-1-3-2-13-6(7(10)11)4(9)5(3)12/h2,7H,1H2. The summed E-state index contributed by atoms with van der Waals surface area (Å²) in [6, 6.07) is 0. The van der Waals surface area contributed by atoms with E-state index in [4.69, 9.17) is 23.2 Å². The zero-order valence-corrected chi connectivity index (χ0v) is 9.87. The van der Waals surface area contributed by atoms with Gasteiger partial charge in [0.05, 0.1) is 5.02 Å². The second-order valence-electron chi connectivity index (χ2n) is 2.23. The minimum atomic E-state index is -2.65. The maximum Gasteiger partial charge on any atom is 0.281 e. The molecule has 0 aromatic carbocycles. The van der Waals surface area contributed by atoms with Gasteiger partial charge in [-0.3, -0.25) is 4.98 Å². The van der Waals surface area contributed by atoms with Crippen LogP contribution in [0.5, 0.6) is 0 Å². The molecule has 1 nitrogen and oxygen atoms in total. The van der Waals surface area contributed by atoms with E-state index in [2.05, 4.69) is 4.98 Å². The zero-order valence-electron chi connectivity index (χ0n) is 6.20. The summed E-state index contributed by atoms with van der Waals surface area (Å²) in [5.74, 6) is 0.217. The fourth-order valence-electron chi connectivity index (χ4n) is 0.760. The Morgan fingerprint density at radius 2 is 2.15 bits per heavy atom. The molecule has 0 aliphatic heterocycles. The number of pyridine rings is 1. The minimum Gasteiger partial charge on any atom is -0.253 e. The van der Waals surface area contributed by atoms with E-state index < -0.39 is 6.43 Å². The molecular formula is C7H4Cl2F2IN. The molecule has 1 aromatic rings. The van der Waals surface area contributed by atoms with E-state index in [0.717, 1.165) is 0 Å². The number of hydrogen-bond acceptors (Lipinski definition) is 1. The van der Waals surface area contributed by atoms with Gasteiger partial charge in [0.15, 0.2) is 0 Å². The van der Waals surface area contributed by atoms with Crippen molar-refractivity contribution >= 4 is 45.8 Å².